The van der Waals surface area contributed by atoms with Gasteiger partial charge < -0.3 is 16.0 Å². The monoisotopic (exact) mass is 522 g/mol. The van der Waals surface area contributed by atoms with Crippen LogP contribution in [0.3, 0.4) is 0 Å². The minimum Gasteiger partial charge on any atom is -0.369 e. The Balaban J connectivity index is 1.42. The molecule has 1 saturated heterocycles. The summed E-state index contributed by atoms with van der Waals surface area (Å²) in [7, 11) is -2.95. The molecular formula is C27H31FN6O2S. The van der Waals surface area contributed by atoms with Crippen molar-refractivity contribution in [3.05, 3.63) is 59.9 Å². The van der Waals surface area contributed by atoms with Crippen LogP contribution < -0.4 is 16.0 Å². The average molecular weight is 523 g/mol. The fraction of sp³-hybridized carbons (Fsp3) is 0.407. The number of nitrogens with zero attached hydrogens (tertiary/aromatic N) is 4. The molecule has 8 nitrogen and oxygen atoms in total. The van der Waals surface area contributed by atoms with Crippen molar-refractivity contribution in [1.29, 1.82) is 5.26 Å². The van der Waals surface area contributed by atoms with E-state index in [1.54, 1.807) is 10.7 Å². The Morgan fingerprint density at radius 2 is 1.81 bits per heavy atom. The molecule has 3 N–H and O–H groups in total. The summed E-state index contributed by atoms with van der Waals surface area (Å²) >= 11 is 0. The first-order valence-electron chi connectivity index (χ1n) is 12.7. The molecule has 0 bridgehead atoms. The Kier molecular flexibility index (Phi) is 7.17. The third-order valence-corrected chi connectivity index (χ3v) is 8.90. The summed E-state index contributed by atoms with van der Waals surface area (Å²) in [5.41, 5.74) is 9.20. The highest BCUT2D eigenvalue weighted by Crippen LogP contribution is 2.30. The predicted molar refractivity (Wildman–Crippen MR) is 143 cm³/mol. The number of rotatable bonds is 6. The number of halogens is 1. The van der Waals surface area contributed by atoms with E-state index < -0.39 is 15.7 Å². The van der Waals surface area contributed by atoms with Gasteiger partial charge in [0.05, 0.1) is 28.5 Å². The normalized spacial score (nSPS) is 21.4. The molecule has 0 unspecified atom stereocenters. The maximum absolute atomic E-state index is 14.5. The number of hydrogen-bond donors (Lipinski definition) is 2. The molecule has 2 atom stereocenters. The molecule has 1 aliphatic heterocycles. The van der Waals surface area contributed by atoms with Gasteiger partial charge in [-0.15, -0.1) is 5.10 Å². The Morgan fingerprint density at radius 1 is 1.08 bits per heavy atom. The second-order valence-corrected chi connectivity index (χ2v) is 12.3. The fourth-order valence-corrected chi connectivity index (χ4v) is 6.38. The van der Waals surface area contributed by atoms with Crippen LogP contribution in [0.5, 0.6) is 0 Å². The van der Waals surface area contributed by atoms with Gasteiger partial charge in [0.1, 0.15) is 17.7 Å². The molecule has 2 aliphatic rings. The summed E-state index contributed by atoms with van der Waals surface area (Å²) in [6, 6.07) is 16.3. The predicted octanol–water partition coefficient (Wildman–Crippen LogP) is 3.71. The minimum absolute atomic E-state index is 0.00491. The largest absolute Gasteiger partial charge is 0.369 e. The molecule has 1 aliphatic carbocycles. The molecule has 10 heteroatoms. The van der Waals surface area contributed by atoms with Crippen LogP contribution in [-0.2, 0) is 9.84 Å². The van der Waals surface area contributed by atoms with Crippen molar-refractivity contribution in [3.8, 4) is 23.0 Å². The molecule has 1 saturated carbocycles. The summed E-state index contributed by atoms with van der Waals surface area (Å²) in [4.78, 5) is 2.06. The summed E-state index contributed by atoms with van der Waals surface area (Å²) in [6.45, 7) is 1.71. The number of sulfone groups is 1. The first-order valence-corrected chi connectivity index (χ1v) is 14.5. The van der Waals surface area contributed by atoms with E-state index in [4.69, 9.17) is 16.1 Å². The maximum Gasteiger partial charge on any atom is 0.153 e. The highest BCUT2D eigenvalue weighted by molar-refractivity contribution is 7.91. The number of nitrogens with two attached hydrogens (primary N) is 1. The topological polar surface area (TPSA) is 117 Å². The van der Waals surface area contributed by atoms with Crippen LogP contribution in [0, 0.1) is 23.1 Å². The van der Waals surface area contributed by atoms with Gasteiger partial charge in [-0.25, -0.2) is 17.5 Å². The third kappa shape index (κ3) is 5.78. The van der Waals surface area contributed by atoms with E-state index >= 15 is 0 Å². The van der Waals surface area contributed by atoms with E-state index in [0.717, 1.165) is 43.6 Å². The van der Waals surface area contributed by atoms with Crippen molar-refractivity contribution in [3.63, 3.8) is 0 Å². The molecule has 37 heavy (non-hydrogen) atoms. The summed E-state index contributed by atoms with van der Waals surface area (Å²) in [5, 5.41) is 17.4. The lowest BCUT2D eigenvalue weighted by atomic mass is 9.86. The van der Waals surface area contributed by atoms with Gasteiger partial charge in [0.25, 0.3) is 0 Å². The van der Waals surface area contributed by atoms with Crippen LogP contribution in [0.2, 0.25) is 0 Å². The zero-order valence-electron chi connectivity index (χ0n) is 20.6. The van der Waals surface area contributed by atoms with Gasteiger partial charge in [0, 0.05) is 43.0 Å². The number of aromatic nitrogens is 2. The van der Waals surface area contributed by atoms with E-state index in [0.29, 0.717) is 36.1 Å². The molecule has 2 fully saturated rings. The molecule has 2 heterocycles. The molecule has 3 aromatic rings. The SMILES string of the molecule is N#Cc1ccc(-c2cc(NC[C@H]3CCC[C@H](N)C3)nn2-c2ccc(N3CCS(=O)(=O)CC3)cc2)cc1F. The van der Waals surface area contributed by atoms with E-state index in [1.165, 1.54) is 12.1 Å². The van der Waals surface area contributed by atoms with Crippen LogP contribution in [0.4, 0.5) is 15.9 Å². The highest BCUT2D eigenvalue weighted by atomic mass is 32.2. The first-order chi connectivity index (χ1) is 17.8. The standard InChI is InChI=1S/C27H31FN6O2S/c28-25-15-20(4-5-21(25)17-29)26-16-27(31-18-19-2-1-3-22(30)14-19)32-34(26)24-8-6-23(7-9-24)33-10-12-37(35,36)13-11-33/h4-9,15-16,19,22H,1-3,10-14,18,30H2,(H,31,32)/t19-,22-/m0/s1. The Labute approximate surface area is 216 Å². The van der Waals surface area contributed by atoms with E-state index in [1.807, 2.05) is 36.4 Å². The van der Waals surface area contributed by atoms with E-state index in [9.17, 15) is 12.8 Å². The average Bonchev–Trinajstić information content (AvgIpc) is 3.32. The van der Waals surface area contributed by atoms with Gasteiger partial charge >= 0.3 is 0 Å². The molecule has 0 radical (unpaired) electrons. The number of hydrogen-bond acceptors (Lipinski definition) is 7. The van der Waals surface area contributed by atoms with Crippen LogP contribution >= 0.6 is 0 Å². The smallest absolute Gasteiger partial charge is 0.153 e. The zero-order chi connectivity index (χ0) is 26.0. The second-order valence-electron chi connectivity index (χ2n) is 9.96. The fourth-order valence-electron chi connectivity index (χ4n) is 5.18. The van der Waals surface area contributed by atoms with Crippen molar-refractivity contribution >= 4 is 21.3 Å². The van der Waals surface area contributed by atoms with Crippen molar-refractivity contribution < 1.29 is 12.8 Å². The van der Waals surface area contributed by atoms with Gasteiger partial charge in [-0.1, -0.05) is 12.5 Å². The second kappa shape index (κ2) is 10.5. The van der Waals surface area contributed by atoms with Crippen LogP contribution in [-0.4, -0.2) is 55.4 Å². The van der Waals surface area contributed by atoms with Crippen molar-refractivity contribution in [1.82, 2.24) is 9.78 Å². The number of nitrogens with one attached hydrogen (secondary N) is 1. The van der Waals surface area contributed by atoms with Crippen LogP contribution in [0.25, 0.3) is 16.9 Å². The molecule has 1 aromatic heterocycles. The van der Waals surface area contributed by atoms with Crippen molar-refractivity contribution in [2.45, 2.75) is 31.7 Å². The molecule has 0 spiro atoms. The maximum atomic E-state index is 14.5. The van der Waals surface area contributed by atoms with Gasteiger partial charge in [-0.2, -0.15) is 5.26 Å². The molecular weight excluding hydrogens is 491 g/mol. The van der Waals surface area contributed by atoms with Gasteiger partial charge in [-0.05, 0) is 61.6 Å². The van der Waals surface area contributed by atoms with Gasteiger partial charge in [0.2, 0.25) is 0 Å². The Bertz CT molecular complexity index is 1400. The molecule has 2 aromatic carbocycles. The third-order valence-electron chi connectivity index (χ3n) is 7.29. The lowest BCUT2D eigenvalue weighted by molar-refractivity contribution is 0.335. The highest BCUT2D eigenvalue weighted by Gasteiger charge is 2.23. The zero-order valence-corrected chi connectivity index (χ0v) is 21.4. The summed E-state index contributed by atoms with van der Waals surface area (Å²) in [5.74, 6) is 0.905. The van der Waals surface area contributed by atoms with Crippen LogP contribution in [0.1, 0.15) is 31.2 Å². The summed E-state index contributed by atoms with van der Waals surface area (Å²) in [6.07, 6.45) is 4.32. The Morgan fingerprint density at radius 3 is 2.49 bits per heavy atom. The quantitative estimate of drug-likeness (QED) is 0.507. The molecule has 194 valence electrons. The lowest BCUT2D eigenvalue weighted by Crippen LogP contribution is -2.40. The number of benzene rings is 2. The minimum atomic E-state index is -2.95. The van der Waals surface area contributed by atoms with E-state index in [2.05, 4.69) is 10.2 Å². The van der Waals surface area contributed by atoms with E-state index in [-0.39, 0.29) is 23.1 Å². The number of anilines is 2. The number of nitriles is 1. The molecule has 0 amide bonds. The Hall–Kier alpha value is -3.42. The first kappa shape index (κ1) is 25.2. The van der Waals surface area contributed by atoms with Gasteiger partial charge in [-0.3, -0.25) is 0 Å². The van der Waals surface area contributed by atoms with Crippen LogP contribution in [0.15, 0.2) is 48.5 Å². The van der Waals surface area contributed by atoms with Crippen molar-refractivity contribution in [2.24, 2.45) is 11.7 Å². The summed E-state index contributed by atoms with van der Waals surface area (Å²) < 4.78 is 39.8. The lowest BCUT2D eigenvalue weighted by Gasteiger charge is -2.28. The van der Waals surface area contributed by atoms with Gasteiger partial charge in [0.15, 0.2) is 9.84 Å². The van der Waals surface area contributed by atoms with Crippen molar-refractivity contribution in [2.75, 3.05) is 41.4 Å². The molecule has 5 rings (SSSR count).